The molecule has 25 heavy (non-hydrogen) atoms. The van der Waals surface area contributed by atoms with Crippen LogP contribution in [0.2, 0.25) is 0 Å². The van der Waals surface area contributed by atoms with E-state index in [1.54, 1.807) is 19.2 Å². The van der Waals surface area contributed by atoms with Gasteiger partial charge in [-0.1, -0.05) is 36.4 Å². The first-order valence-corrected chi connectivity index (χ1v) is 8.72. The average Bonchev–Trinajstić information content (AvgIpc) is 3.26. The van der Waals surface area contributed by atoms with Crippen molar-refractivity contribution >= 4 is 29.0 Å². The number of thiophene rings is 1. The SMILES string of the molecule is Cn1nc(C(=O)NCCc2ccccc2)cc1NC(=O)c1cccs1. The van der Waals surface area contributed by atoms with Crippen molar-refractivity contribution in [1.29, 1.82) is 0 Å². The molecule has 2 aromatic heterocycles. The van der Waals surface area contributed by atoms with Crippen molar-refractivity contribution in [3.8, 4) is 0 Å². The number of hydrogen-bond acceptors (Lipinski definition) is 4. The quantitative estimate of drug-likeness (QED) is 0.715. The Morgan fingerprint density at radius 2 is 1.92 bits per heavy atom. The van der Waals surface area contributed by atoms with E-state index in [9.17, 15) is 9.59 Å². The highest BCUT2D eigenvalue weighted by atomic mass is 32.1. The number of anilines is 1. The number of nitrogens with one attached hydrogen (secondary N) is 2. The molecular weight excluding hydrogens is 336 g/mol. The smallest absolute Gasteiger partial charge is 0.271 e. The van der Waals surface area contributed by atoms with E-state index in [-0.39, 0.29) is 17.5 Å². The van der Waals surface area contributed by atoms with E-state index in [1.807, 2.05) is 41.8 Å². The topological polar surface area (TPSA) is 76.0 Å². The molecule has 0 unspecified atom stereocenters. The molecule has 3 rings (SSSR count). The third-order valence-corrected chi connectivity index (χ3v) is 4.51. The number of hydrogen-bond donors (Lipinski definition) is 2. The molecule has 0 aliphatic heterocycles. The Labute approximate surface area is 149 Å². The lowest BCUT2D eigenvalue weighted by molar-refractivity contribution is 0.0947. The first-order chi connectivity index (χ1) is 12.1. The molecule has 1 aromatic carbocycles. The van der Waals surface area contributed by atoms with E-state index in [0.29, 0.717) is 17.2 Å². The van der Waals surface area contributed by atoms with Crippen LogP contribution in [0, 0.1) is 0 Å². The lowest BCUT2D eigenvalue weighted by Crippen LogP contribution is -2.26. The van der Waals surface area contributed by atoms with Crippen LogP contribution < -0.4 is 10.6 Å². The highest BCUT2D eigenvalue weighted by molar-refractivity contribution is 7.12. The maximum Gasteiger partial charge on any atom is 0.271 e. The number of rotatable bonds is 6. The molecule has 0 fully saturated rings. The van der Waals surface area contributed by atoms with E-state index in [2.05, 4.69) is 15.7 Å². The van der Waals surface area contributed by atoms with E-state index < -0.39 is 0 Å². The first-order valence-electron chi connectivity index (χ1n) is 7.84. The fraction of sp³-hybridized carbons (Fsp3) is 0.167. The molecule has 0 aliphatic carbocycles. The summed E-state index contributed by atoms with van der Waals surface area (Å²) in [5, 5.41) is 11.6. The zero-order valence-electron chi connectivity index (χ0n) is 13.7. The molecule has 0 saturated heterocycles. The Balaban J connectivity index is 1.57. The highest BCUT2D eigenvalue weighted by Gasteiger charge is 2.15. The molecule has 0 radical (unpaired) electrons. The summed E-state index contributed by atoms with van der Waals surface area (Å²) in [6.07, 6.45) is 0.751. The van der Waals surface area contributed by atoms with E-state index in [4.69, 9.17) is 0 Å². The molecule has 0 bridgehead atoms. The van der Waals surface area contributed by atoms with Crippen LogP contribution >= 0.6 is 11.3 Å². The van der Waals surface area contributed by atoms with Gasteiger partial charge in [-0.05, 0) is 23.4 Å². The monoisotopic (exact) mass is 354 g/mol. The Kier molecular flexibility index (Phi) is 5.25. The average molecular weight is 354 g/mol. The third kappa shape index (κ3) is 4.33. The minimum atomic E-state index is -0.261. The van der Waals surface area contributed by atoms with Crippen molar-refractivity contribution in [1.82, 2.24) is 15.1 Å². The molecule has 0 atom stereocenters. The Hall–Kier alpha value is -2.93. The molecule has 0 spiro atoms. The first kappa shape index (κ1) is 16.9. The van der Waals surface area contributed by atoms with Crippen LogP contribution in [0.15, 0.2) is 53.9 Å². The molecule has 128 valence electrons. The van der Waals surface area contributed by atoms with Gasteiger partial charge in [0.15, 0.2) is 5.69 Å². The minimum Gasteiger partial charge on any atom is -0.350 e. The van der Waals surface area contributed by atoms with Crippen LogP contribution in [-0.4, -0.2) is 28.1 Å². The Morgan fingerprint density at radius 1 is 1.12 bits per heavy atom. The van der Waals surface area contributed by atoms with Crippen LogP contribution in [0.1, 0.15) is 25.7 Å². The summed E-state index contributed by atoms with van der Waals surface area (Å²) in [5.41, 5.74) is 1.43. The third-order valence-electron chi connectivity index (χ3n) is 3.64. The molecule has 2 heterocycles. The molecule has 0 aliphatic rings. The van der Waals surface area contributed by atoms with E-state index in [0.717, 1.165) is 12.0 Å². The molecule has 2 amide bonds. The van der Waals surface area contributed by atoms with Gasteiger partial charge in [0.25, 0.3) is 11.8 Å². The van der Waals surface area contributed by atoms with Gasteiger partial charge in [0.1, 0.15) is 5.82 Å². The summed E-state index contributed by atoms with van der Waals surface area (Å²) in [4.78, 5) is 24.9. The maximum absolute atomic E-state index is 12.2. The lowest BCUT2D eigenvalue weighted by atomic mass is 10.1. The summed E-state index contributed by atoms with van der Waals surface area (Å²) in [5.74, 6) is 0.00352. The standard InChI is InChI=1S/C18H18N4O2S/c1-22-16(20-18(24)15-8-5-11-25-15)12-14(21-22)17(23)19-10-9-13-6-3-2-4-7-13/h2-8,11-12H,9-10H2,1H3,(H,19,23)(H,20,24). The van der Waals surface area contributed by atoms with Gasteiger partial charge in [-0.3, -0.25) is 14.3 Å². The Bertz CT molecular complexity index is 857. The van der Waals surface area contributed by atoms with Crippen LogP contribution in [0.5, 0.6) is 0 Å². The number of carbonyl (C=O) groups is 2. The normalized spacial score (nSPS) is 10.4. The van der Waals surface area contributed by atoms with E-state index >= 15 is 0 Å². The number of amides is 2. The predicted molar refractivity (Wildman–Crippen MR) is 98.0 cm³/mol. The van der Waals surface area contributed by atoms with Gasteiger partial charge in [0.2, 0.25) is 0 Å². The molecule has 3 aromatic rings. The molecule has 7 heteroatoms. The van der Waals surface area contributed by atoms with Gasteiger partial charge < -0.3 is 10.6 Å². The minimum absolute atomic E-state index is 0.214. The van der Waals surface area contributed by atoms with Crippen molar-refractivity contribution in [2.24, 2.45) is 7.05 Å². The lowest BCUT2D eigenvalue weighted by Gasteiger charge is -2.03. The molecular formula is C18H18N4O2S. The zero-order valence-corrected chi connectivity index (χ0v) is 14.5. The van der Waals surface area contributed by atoms with Crippen LogP contribution in [0.3, 0.4) is 0 Å². The summed E-state index contributed by atoms with van der Waals surface area (Å²) in [6.45, 7) is 0.524. The molecule has 6 nitrogen and oxygen atoms in total. The number of aryl methyl sites for hydroxylation is 1. The second-order valence-corrected chi connectivity index (χ2v) is 6.41. The molecule has 0 saturated carbocycles. The fourth-order valence-corrected chi connectivity index (χ4v) is 2.96. The maximum atomic E-state index is 12.2. The second-order valence-electron chi connectivity index (χ2n) is 5.46. The van der Waals surface area contributed by atoms with Gasteiger partial charge >= 0.3 is 0 Å². The number of carbonyl (C=O) groups excluding carboxylic acids is 2. The largest absolute Gasteiger partial charge is 0.350 e. The predicted octanol–water partition coefficient (Wildman–Crippen LogP) is 2.71. The van der Waals surface area contributed by atoms with Crippen molar-refractivity contribution in [3.05, 3.63) is 70.0 Å². The highest BCUT2D eigenvalue weighted by Crippen LogP contribution is 2.14. The van der Waals surface area contributed by atoms with Gasteiger partial charge in [0, 0.05) is 19.7 Å². The molecule has 2 N–H and O–H groups in total. The number of aromatic nitrogens is 2. The van der Waals surface area contributed by atoms with Crippen LogP contribution in [0.4, 0.5) is 5.82 Å². The van der Waals surface area contributed by atoms with Crippen LogP contribution in [-0.2, 0) is 13.5 Å². The zero-order chi connectivity index (χ0) is 17.6. The van der Waals surface area contributed by atoms with E-state index in [1.165, 1.54) is 16.0 Å². The summed E-state index contributed by atoms with van der Waals surface area (Å²) < 4.78 is 1.48. The van der Waals surface area contributed by atoms with Crippen molar-refractivity contribution < 1.29 is 9.59 Å². The van der Waals surface area contributed by atoms with Crippen LogP contribution in [0.25, 0.3) is 0 Å². The van der Waals surface area contributed by atoms with Crippen molar-refractivity contribution in [2.75, 3.05) is 11.9 Å². The summed E-state index contributed by atoms with van der Waals surface area (Å²) in [7, 11) is 1.69. The number of nitrogens with zero attached hydrogens (tertiary/aromatic N) is 2. The van der Waals surface area contributed by atoms with Gasteiger partial charge in [-0.25, -0.2) is 0 Å². The summed E-state index contributed by atoms with van der Waals surface area (Å²) in [6, 6.07) is 15.1. The van der Waals surface area contributed by atoms with Gasteiger partial charge in [-0.15, -0.1) is 11.3 Å². The Morgan fingerprint density at radius 3 is 2.64 bits per heavy atom. The summed E-state index contributed by atoms with van der Waals surface area (Å²) >= 11 is 1.36. The van der Waals surface area contributed by atoms with Crippen molar-refractivity contribution in [3.63, 3.8) is 0 Å². The number of benzene rings is 1. The van der Waals surface area contributed by atoms with Gasteiger partial charge in [-0.2, -0.15) is 5.10 Å². The second kappa shape index (κ2) is 7.76. The van der Waals surface area contributed by atoms with Crippen molar-refractivity contribution in [2.45, 2.75) is 6.42 Å². The van der Waals surface area contributed by atoms with Gasteiger partial charge in [0.05, 0.1) is 4.88 Å². The fourth-order valence-electron chi connectivity index (χ4n) is 2.34.